The number of hydrogen-bond acceptors (Lipinski definition) is 5. The van der Waals surface area contributed by atoms with Gasteiger partial charge >= 0.3 is 5.97 Å². The molecule has 0 unspecified atom stereocenters. The van der Waals surface area contributed by atoms with Gasteiger partial charge in [0.1, 0.15) is 24.0 Å². The number of aromatic nitrogens is 2. The van der Waals surface area contributed by atoms with Crippen LogP contribution in [0.2, 0.25) is 0 Å². The molecule has 2 rings (SSSR count). The van der Waals surface area contributed by atoms with Gasteiger partial charge in [-0.2, -0.15) is 0 Å². The van der Waals surface area contributed by atoms with Gasteiger partial charge in [-0.3, -0.25) is 0 Å². The van der Waals surface area contributed by atoms with Gasteiger partial charge in [0.25, 0.3) is 0 Å². The van der Waals surface area contributed by atoms with Gasteiger partial charge < -0.3 is 15.7 Å². The molecule has 0 bridgehead atoms. The van der Waals surface area contributed by atoms with Crippen molar-refractivity contribution in [3.8, 4) is 0 Å². The summed E-state index contributed by atoms with van der Waals surface area (Å²) in [6, 6.07) is 1.14. The fourth-order valence-corrected chi connectivity index (χ4v) is 1.98. The standard InChI is InChI=1S/C14H22N4O2/c1-9(2)5-11(14(19)20)18-13-6-12(16-8-17-13)15-7-10-3-4-10/h6,8-11H,3-5,7H2,1-2H3,(H,19,20)(H2,15,16,17,18)/t11-/m1/s1. The minimum absolute atomic E-state index is 0.304. The Kier molecular flexibility index (Phi) is 4.76. The van der Waals surface area contributed by atoms with E-state index in [1.165, 1.54) is 19.2 Å². The lowest BCUT2D eigenvalue weighted by molar-refractivity contribution is -0.138. The van der Waals surface area contributed by atoms with Gasteiger partial charge in [0.15, 0.2) is 0 Å². The fourth-order valence-electron chi connectivity index (χ4n) is 1.98. The van der Waals surface area contributed by atoms with Crippen LogP contribution in [0.4, 0.5) is 11.6 Å². The van der Waals surface area contributed by atoms with Crippen molar-refractivity contribution in [2.45, 2.75) is 39.2 Å². The molecule has 1 aliphatic carbocycles. The first-order valence-electron chi connectivity index (χ1n) is 7.10. The predicted octanol–water partition coefficient (Wildman–Crippen LogP) is 2.21. The molecule has 0 aliphatic heterocycles. The van der Waals surface area contributed by atoms with Crippen molar-refractivity contribution in [1.82, 2.24) is 9.97 Å². The Bertz CT molecular complexity index is 460. The minimum Gasteiger partial charge on any atom is -0.480 e. The van der Waals surface area contributed by atoms with Crippen molar-refractivity contribution in [3.05, 3.63) is 12.4 Å². The van der Waals surface area contributed by atoms with Crippen LogP contribution < -0.4 is 10.6 Å². The monoisotopic (exact) mass is 278 g/mol. The Labute approximate surface area is 119 Å². The first kappa shape index (κ1) is 14.6. The van der Waals surface area contributed by atoms with E-state index in [1.54, 1.807) is 6.07 Å². The zero-order valence-corrected chi connectivity index (χ0v) is 12.0. The largest absolute Gasteiger partial charge is 0.480 e. The Balaban J connectivity index is 1.95. The number of rotatable bonds is 8. The summed E-state index contributed by atoms with van der Waals surface area (Å²) < 4.78 is 0. The lowest BCUT2D eigenvalue weighted by Crippen LogP contribution is -2.31. The number of nitrogens with zero attached hydrogens (tertiary/aromatic N) is 2. The summed E-state index contributed by atoms with van der Waals surface area (Å²) in [6.07, 6.45) is 4.56. The van der Waals surface area contributed by atoms with E-state index in [1.807, 2.05) is 13.8 Å². The Hall–Kier alpha value is -1.85. The molecule has 0 spiro atoms. The van der Waals surface area contributed by atoms with E-state index < -0.39 is 12.0 Å². The highest BCUT2D eigenvalue weighted by Gasteiger charge is 2.21. The molecular weight excluding hydrogens is 256 g/mol. The van der Waals surface area contributed by atoms with Crippen LogP contribution in [-0.4, -0.2) is 33.6 Å². The molecule has 0 radical (unpaired) electrons. The van der Waals surface area contributed by atoms with E-state index in [0.717, 1.165) is 18.3 Å². The van der Waals surface area contributed by atoms with Crippen LogP contribution in [0, 0.1) is 11.8 Å². The highest BCUT2D eigenvalue weighted by Crippen LogP contribution is 2.28. The highest BCUT2D eigenvalue weighted by molar-refractivity contribution is 5.77. The van der Waals surface area contributed by atoms with Gasteiger partial charge in [-0.1, -0.05) is 13.8 Å². The minimum atomic E-state index is -0.857. The summed E-state index contributed by atoms with van der Waals surface area (Å²) in [5.74, 6) is 1.49. The molecular formula is C14H22N4O2. The van der Waals surface area contributed by atoms with Crippen LogP contribution in [0.15, 0.2) is 12.4 Å². The smallest absolute Gasteiger partial charge is 0.326 e. The molecule has 1 aromatic heterocycles. The van der Waals surface area contributed by atoms with E-state index >= 15 is 0 Å². The van der Waals surface area contributed by atoms with Crippen molar-refractivity contribution in [1.29, 1.82) is 0 Å². The molecule has 6 nitrogen and oxygen atoms in total. The van der Waals surface area contributed by atoms with Crippen LogP contribution in [0.3, 0.4) is 0 Å². The summed E-state index contributed by atoms with van der Waals surface area (Å²) >= 11 is 0. The number of nitrogens with one attached hydrogen (secondary N) is 2. The predicted molar refractivity (Wildman–Crippen MR) is 77.7 cm³/mol. The van der Waals surface area contributed by atoms with Gasteiger partial charge in [0.2, 0.25) is 0 Å². The average molecular weight is 278 g/mol. The molecule has 0 amide bonds. The fraction of sp³-hybridized carbons (Fsp3) is 0.643. The number of carbonyl (C=O) groups is 1. The van der Waals surface area contributed by atoms with Crippen LogP contribution in [0.1, 0.15) is 33.1 Å². The van der Waals surface area contributed by atoms with Crippen LogP contribution >= 0.6 is 0 Å². The number of carboxylic acids is 1. The zero-order valence-electron chi connectivity index (χ0n) is 12.0. The summed E-state index contributed by atoms with van der Waals surface area (Å²) in [5.41, 5.74) is 0. The zero-order chi connectivity index (χ0) is 14.5. The second-order valence-corrected chi connectivity index (χ2v) is 5.78. The first-order chi connectivity index (χ1) is 9.54. The topological polar surface area (TPSA) is 87.1 Å². The van der Waals surface area contributed by atoms with Crippen molar-refractivity contribution >= 4 is 17.6 Å². The molecule has 1 aliphatic rings. The van der Waals surface area contributed by atoms with Gasteiger partial charge in [-0.25, -0.2) is 14.8 Å². The molecule has 20 heavy (non-hydrogen) atoms. The van der Waals surface area contributed by atoms with E-state index in [0.29, 0.717) is 18.2 Å². The number of hydrogen-bond donors (Lipinski definition) is 3. The van der Waals surface area contributed by atoms with Crippen LogP contribution in [0.25, 0.3) is 0 Å². The number of carboxylic acid groups (broad SMARTS) is 1. The summed E-state index contributed by atoms with van der Waals surface area (Å²) in [7, 11) is 0. The molecule has 6 heteroatoms. The van der Waals surface area contributed by atoms with E-state index in [2.05, 4.69) is 20.6 Å². The first-order valence-corrected chi connectivity index (χ1v) is 7.10. The van der Waals surface area contributed by atoms with Crippen molar-refractivity contribution in [2.75, 3.05) is 17.2 Å². The van der Waals surface area contributed by atoms with Gasteiger partial charge in [0.05, 0.1) is 0 Å². The Morgan fingerprint density at radius 3 is 2.70 bits per heavy atom. The maximum Gasteiger partial charge on any atom is 0.326 e. The average Bonchev–Trinajstić information content (AvgIpc) is 3.19. The number of aliphatic carboxylic acids is 1. The molecule has 3 N–H and O–H groups in total. The second kappa shape index (κ2) is 6.54. The maximum absolute atomic E-state index is 11.2. The molecule has 0 aromatic carbocycles. The SMILES string of the molecule is CC(C)C[C@@H](Nc1cc(NCC2CC2)ncn1)C(=O)O. The lowest BCUT2D eigenvalue weighted by atomic mass is 10.0. The molecule has 1 heterocycles. The summed E-state index contributed by atoms with van der Waals surface area (Å²) in [6.45, 7) is 4.92. The van der Waals surface area contributed by atoms with Gasteiger partial charge in [-0.15, -0.1) is 0 Å². The maximum atomic E-state index is 11.2. The van der Waals surface area contributed by atoms with E-state index in [-0.39, 0.29) is 0 Å². The third-order valence-corrected chi connectivity index (χ3v) is 3.26. The van der Waals surface area contributed by atoms with E-state index in [4.69, 9.17) is 0 Å². The number of anilines is 2. The van der Waals surface area contributed by atoms with Crippen LogP contribution in [0.5, 0.6) is 0 Å². The van der Waals surface area contributed by atoms with Crippen molar-refractivity contribution in [2.24, 2.45) is 11.8 Å². The second-order valence-electron chi connectivity index (χ2n) is 5.78. The molecule has 1 atom stereocenters. The van der Waals surface area contributed by atoms with Crippen LogP contribution in [-0.2, 0) is 4.79 Å². The Morgan fingerprint density at radius 1 is 1.40 bits per heavy atom. The molecule has 0 saturated heterocycles. The summed E-state index contributed by atoms with van der Waals surface area (Å²) in [5, 5.41) is 15.4. The van der Waals surface area contributed by atoms with Gasteiger partial charge in [-0.05, 0) is 31.1 Å². The van der Waals surface area contributed by atoms with E-state index in [9.17, 15) is 9.90 Å². The third-order valence-electron chi connectivity index (χ3n) is 3.26. The van der Waals surface area contributed by atoms with Crippen molar-refractivity contribution in [3.63, 3.8) is 0 Å². The lowest BCUT2D eigenvalue weighted by Gasteiger charge is -2.17. The Morgan fingerprint density at radius 2 is 2.10 bits per heavy atom. The molecule has 1 fully saturated rings. The highest BCUT2D eigenvalue weighted by atomic mass is 16.4. The third kappa shape index (κ3) is 4.68. The molecule has 1 aromatic rings. The summed E-state index contributed by atoms with van der Waals surface area (Å²) in [4.78, 5) is 19.5. The molecule has 1 saturated carbocycles. The van der Waals surface area contributed by atoms with Gasteiger partial charge in [0, 0.05) is 12.6 Å². The normalized spacial score (nSPS) is 15.9. The van der Waals surface area contributed by atoms with Crippen molar-refractivity contribution < 1.29 is 9.90 Å². The quantitative estimate of drug-likeness (QED) is 0.676. The molecule has 110 valence electrons.